The summed E-state index contributed by atoms with van der Waals surface area (Å²) in [7, 11) is 0. The van der Waals surface area contributed by atoms with Gasteiger partial charge in [0.15, 0.2) is 5.71 Å². The van der Waals surface area contributed by atoms with E-state index < -0.39 is 41.8 Å². The molecule has 30 heavy (non-hydrogen) atoms. The van der Waals surface area contributed by atoms with E-state index in [4.69, 9.17) is 5.11 Å². The summed E-state index contributed by atoms with van der Waals surface area (Å²) in [5.74, 6) is -2.70. The van der Waals surface area contributed by atoms with Crippen molar-refractivity contribution in [3.8, 4) is 0 Å². The average molecular weight is 473 g/mol. The van der Waals surface area contributed by atoms with E-state index in [0.29, 0.717) is 16.4 Å². The summed E-state index contributed by atoms with van der Waals surface area (Å²) in [5, 5.41) is 25.3. The van der Waals surface area contributed by atoms with Gasteiger partial charge in [-0.3, -0.25) is 14.5 Å². The molecule has 0 radical (unpaired) electrons. The Balaban J connectivity index is 1.76. The van der Waals surface area contributed by atoms with Gasteiger partial charge in [-0.05, 0) is 5.75 Å². The van der Waals surface area contributed by atoms with Gasteiger partial charge in [-0.2, -0.15) is 0 Å². The van der Waals surface area contributed by atoms with Gasteiger partial charge in [0.1, 0.15) is 22.8 Å². The molecule has 2 aliphatic heterocycles. The van der Waals surface area contributed by atoms with Gasteiger partial charge < -0.3 is 20.4 Å². The molecule has 14 heteroatoms. The Morgan fingerprint density at radius 2 is 2.20 bits per heavy atom. The first-order valence-electron chi connectivity index (χ1n) is 8.50. The van der Waals surface area contributed by atoms with Crippen LogP contribution in [0.15, 0.2) is 26.6 Å². The van der Waals surface area contributed by atoms with Crippen LogP contribution in [-0.2, 0) is 24.0 Å². The van der Waals surface area contributed by atoms with E-state index in [1.807, 2.05) is 6.92 Å². The van der Waals surface area contributed by atoms with Crippen molar-refractivity contribution in [2.24, 2.45) is 5.16 Å². The Morgan fingerprint density at radius 3 is 2.80 bits per heavy atom. The molecule has 160 valence electrons. The standard InChI is InChI=1S/C16H16N4O7S3/c1-2-29-8-5-30-15-11(14(24)20(15)12(8)16(25)26)18-13(23)10(7-4-28-6-17-7)19-27-3-9(21)22/h4,6,11,15H,2-3,5H2,1H3,(H,18,23)(H,21,22)(H,25,26)/t11?,15-/m0/s1. The van der Waals surface area contributed by atoms with Gasteiger partial charge in [0.25, 0.3) is 11.8 Å². The van der Waals surface area contributed by atoms with Crippen molar-refractivity contribution in [1.29, 1.82) is 0 Å². The molecule has 2 atom stereocenters. The van der Waals surface area contributed by atoms with E-state index in [2.05, 4.69) is 20.3 Å². The minimum absolute atomic E-state index is 0.0562. The molecule has 1 aromatic rings. The third-order valence-electron chi connectivity index (χ3n) is 3.97. The van der Waals surface area contributed by atoms with Crippen LogP contribution in [0.5, 0.6) is 0 Å². The number of nitrogens with zero attached hydrogens (tertiary/aromatic N) is 3. The third-order valence-corrected chi connectivity index (χ3v) is 7.00. The molecule has 2 aliphatic rings. The maximum atomic E-state index is 12.7. The zero-order valence-corrected chi connectivity index (χ0v) is 17.9. The normalized spacial score (nSPS) is 21.0. The fourth-order valence-corrected chi connectivity index (χ4v) is 5.71. The van der Waals surface area contributed by atoms with E-state index >= 15 is 0 Å². The van der Waals surface area contributed by atoms with Crippen LogP contribution in [0, 0.1) is 0 Å². The fraction of sp³-hybridized carbons (Fsp3) is 0.375. The highest BCUT2D eigenvalue weighted by Gasteiger charge is 2.54. The molecule has 0 spiro atoms. The molecule has 1 fully saturated rings. The fourth-order valence-electron chi connectivity index (χ4n) is 2.77. The second-order valence-electron chi connectivity index (χ2n) is 5.85. The number of hydrogen-bond donors (Lipinski definition) is 3. The molecule has 11 nitrogen and oxygen atoms in total. The van der Waals surface area contributed by atoms with E-state index in [9.17, 15) is 24.3 Å². The summed E-state index contributed by atoms with van der Waals surface area (Å²) in [6.45, 7) is 1.14. The highest BCUT2D eigenvalue weighted by molar-refractivity contribution is 8.06. The number of rotatable bonds is 9. The minimum atomic E-state index is -1.27. The maximum Gasteiger partial charge on any atom is 0.353 e. The molecule has 0 aliphatic carbocycles. The molecular weight excluding hydrogens is 456 g/mol. The van der Waals surface area contributed by atoms with Crippen molar-refractivity contribution >= 4 is 64.3 Å². The predicted octanol–water partition coefficient (Wildman–Crippen LogP) is 0.398. The molecule has 1 aromatic heterocycles. The van der Waals surface area contributed by atoms with Gasteiger partial charge in [-0.1, -0.05) is 12.1 Å². The Bertz CT molecular complexity index is 931. The topological polar surface area (TPSA) is 158 Å². The van der Waals surface area contributed by atoms with Crippen LogP contribution in [0.3, 0.4) is 0 Å². The number of fused-ring (bicyclic) bond motifs is 1. The van der Waals surface area contributed by atoms with E-state index in [1.54, 1.807) is 0 Å². The summed E-state index contributed by atoms with van der Waals surface area (Å²) < 4.78 is 0. The van der Waals surface area contributed by atoms with Crippen molar-refractivity contribution in [2.45, 2.75) is 18.3 Å². The number of aliphatic carboxylic acids is 2. The van der Waals surface area contributed by atoms with E-state index in [-0.39, 0.29) is 17.1 Å². The lowest BCUT2D eigenvalue weighted by Crippen LogP contribution is -2.71. The van der Waals surface area contributed by atoms with E-state index in [0.717, 1.165) is 0 Å². The van der Waals surface area contributed by atoms with Crippen molar-refractivity contribution in [3.63, 3.8) is 0 Å². The third kappa shape index (κ3) is 4.44. The molecule has 0 saturated carbocycles. The number of carbonyl (C=O) groups is 4. The molecule has 3 rings (SSSR count). The number of β-lactam (4-membered cyclic amide) rings is 1. The van der Waals surface area contributed by atoms with Gasteiger partial charge >= 0.3 is 11.9 Å². The molecule has 2 amide bonds. The first-order valence-corrected chi connectivity index (χ1v) is 11.5. The largest absolute Gasteiger partial charge is 0.479 e. The minimum Gasteiger partial charge on any atom is -0.479 e. The lowest BCUT2D eigenvalue weighted by Gasteiger charge is -2.49. The number of carboxylic acid groups (broad SMARTS) is 2. The molecule has 3 N–H and O–H groups in total. The molecule has 0 aromatic carbocycles. The number of oxime groups is 1. The first kappa shape index (κ1) is 22.1. The van der Waals surface area contributed by atoms with Gasteiger partial charge in [-0.15, -0.1) is 34.9 Å². The molecular formula is C16H16N4O7S3. The molecule has 1 unspecified atom stereocenters. The quantitative estimate of drug-likeness (QED) is 0.261. The Kier molecular flexibility index (Phi) is 6.99. The van der Waals surface area contributed by atoms with Crippen LogP contribution in [0.4, 0.5) is 0 Å². The zero-order valence-electron chi connectivity index (χ0n) is 15.4. The second kappa shape index (κ2) is 9.49. The van der Waals surface area contributed by atoms with E-state index in [1.165, 1.54) is 50.7 Å². The maximum absolute atomic E-state index is 12.7. The highest BCUT2D eigenvalue weighted by atomic mass is 32.2. The van der Waals surface area contributed by atoms with Crippen LogP contribution in [0.2, 0.25) is 0 Å². The lowest BCUT2D eigenvalue weighted by atomic mass is 10.0. The SMILES string of the molecule is CCSC1=C(C(=O)O)N2C(=O)C(NC(=O)C(=NOCC(=O)O)c3cscn3)[C@@H]2SC1. The Hall–Kier alpha value is -2.58. The number of carboxylic acids is 2. The van der Waals surface area contributed by atoms with Gasteiger partial charge in [0, 0.05) is 16.0 Å². The van der Waals surface area contributed by atoms with Crippen molar-refractivity contribution in [1.82, 2.24) is 15.2 Å². The number of thiazole rings is 1. The molecule has 0 bridgehead atoms. The smallest absolute Gasteiger partial charge is 0.353 e. The zero-order chi connectivity index (χ0) is 21.8. The molecule has 3 heterocycles. The highest BCUT2D eigenvalue weighted by Crippen LogP contribution is 2.43. The van der Waals surface area contributed by atoms with Crippen LogP contribution in [0.25, 0.3) is 0 Å². The van der Waals surface area contributed by atoms with Gasteiger partial charge in [0.2, 0.25) is 6.61 Å². The Labute approximate surface area is 182 Å². The second-order valence-corrected chi connectivity index (χ2v) is 9.03. The number of amides is 2. The number of hydrogen-bond acceptors (Lipinski definition) is 10. The summed E-state index contributed by atoms with van der Waals surface area (Å²) >= 11 is 3.91. The van der Waals surface area contributed by atoms with Crippen molar-refractivity contribution in [3.05, 3.63) is 27.2 Å². The number of thioether (sulfide) groups is 2. The van der Waals surface area contributed by atoms with Crippen molar-refractivity contribution in [2.75, 3.05) is 18.1 Å². The van der Waals surface area contributed by atoms with Gasteiger partial charge in [-0.25, -0.2) is 14.6 Å². The summed E-state index contributed by atoms with van der Waals surface area (Å²) in [6, 6.07) is -0.951. The van der Waals surface area contributed by atoms with Crippen LogP contribution in [0.1, 0.15) is 12.6 Å². The monoisotopic (exact) mass is 472 g/mol. The number of nitrogens with one attached hydrogen (secondary N) is 1. The average Bonchev–Trinajstić information content (AvgIpc) is 3.23. The predicted molar refractivity (Wildman–Crippen MR) is 110 cm³/mol. The van der Waals surface area contributed by atoms with Crippen LogP contribution >= 0.6 is 34.9 Å². The summed E-state index contributed by atoms with van der Waals surface area (Å²) in [4.78, 5) is 58.1. The summed E-state index contributed by atoms with van der Waals surface area (Å²) in [5.41, 5.74) is 1.29. The molecule has 1 saturated heterocycles. The number of carbonyl (C=O) groups excluding carboxylic acids is 2. The van der Waals surface area contributed by atoms with Crippen LogP contribution in [-0.4, -0.2) is 79.1 Å². The van der Waals surface area contributed by atoms with Crippen molar-refractivity contribution < 1.29 is 34.2 Å². The van der Waals surface area contributed by atoms with Crippen LogP contribution < -0.4 is 5.32 Å². The number of aromatic nitrogens is 1. The lowest BCUT2D eigenvalue weighted by molar-refractivity contribution is -0.150. The first-order chi connectivity index (χ1) is 14.3. The Morgan fingerprint density at radius 1 is 1.43 bits per heavy atom. The van der Waals surface area contributed by atoms with Gasteiger partial charge in [0.05, 0.1) is 5.51 Å². The summed E-state index contributed by atoms with van der Waals surface area (Å²) in [6.07, 6.45) is 0.